The maximum atomic E-state index is 10.7. The number of pyridine rings is 1. The van der Waals surface area contributed by atoms with E-state index >= 15 is 0 Å². The van der Waals surface area contributed by atoms with Crippen molar-refractivity contribution in [2.24, 2.45) is 0 Å². The molecule has 2 aromatic rings. The normalized spacial score (nSPS) is 14.1. The molecule has 1 N–H and O–H groups in total. The lowest BCUT2D eigenvalue weighted by atomic mass is 10.1. The van der Waals surface area contributed by atoms with Gasteiger partial charge in [0.05, 0.1) is 4.92 Å². The van der Waals surface area contributed by atoms with E-state index in [-0.39, 0.29) is 5.69 Å². The fourth-order valence-electron chi connectivity index (χ4n) is 2.67. The predicted octanol–water partition coefficient (Wildman–Crippen LogP) is 2.88. The van der Waals surface area contributed by atoms with Gasteiger partial charge in [-0.15, -0.1) is 0 Å². The minimum atomic E-state index is -0.421. The third-order valence-electron chi connectivity index (χ3n) is 3.67. The van der Waals surface area contributed by atoms with Crippen LogP contribution in [0.25, 0.3) is 0 Å². The molecular weight excluding hydrogens is 254 g/mol. The van der Waals surface area contributed by atoms with Gasteiger partial charge in [0.1, 0.15) is 12.0 Å². The van der Waals surface area contributed by atoms with Crippen LogP contribution in [0.3, 0.4) is 0 Å². The van der Waals surface area contributed by atoms with Crippen LogP contribution in [0.5, 0.6) is 0 Å². The van der Waals surface area contributed by atoms with Crippen LogP contribution in [0.2, 0.25) is 0 Å². The van der Waals surface area contributed by atoms with E-state index < -0.39 is 4.92 Å². The van der Waals surface area contributed by atoms with Crippen molar-refractivity contribution in [1.29, 1.82) is 0 Å². The number of rotatable bonds is 3. The second-order valence-corrected chi connectivity index (χ2v) is 5.13. The number of aryl methyl sites for hydroxylation is 1. The molecule has 1 aliphatic carbocycles. The van der Waals surface area contributed by atoms with Gasteiger partial charge >= 0.3 is 0 Å². The van der Waals surface area contributed by atoms with Gasteiger partial charge in [0.2, 0.25) is 0 Å². The highest BCUT2D eigenvalue weighted by Gasteiger charge is 2.21. The Labute approximate surface area is 116 Å². The first-order valence-electron chi connectivity index (χ1n) is 6.58. The second-order valence-electron chi connectivity index (χ2n) is 5.13. The average molecular weight is 269 g/mol. The number of hydrogen-bond acceptors (Lipinski definition) is 4. The Morgan fingerprint density at radius 1 is 1.30 bits per heavy atom. The topological polar surface area (TPSA) is 68.1 Å². The van der Waals surface area contributed by atoms with E-state index in [1.165, 1.54) is 17.3 Å². The zero-order chi connectivity index (χ0) is 14.1. The zero-order valence-electron chi connectivity index (χ0n) is 11.2. The lowest BCUT2D eigenvalue weighted by Crippen LogP contribution is -2.20. The minimum Gasteiger partial charge on any atom is -0.366 e. The average Bonchev–Trinajstić information content (AvgIpc) is 2.83. The molecule has 0 aliphatic heterocycles. The van der Waals surface area contributed by atoms with Gasteiger partial charge in [0.15, 0.2) is 0 Å². The number of nitrogens with zero attached hydrogens (tertiary/aromatic N) is 2. The Kier molecular flexibility index (Phi) is 3.10. The van der Waals surface area contributed by atoms with E-state index in [0.717, 1.165) is 24.2 Å². The molecule has 1 aromatic heterocycles. The van der Waals surface area contributed by atoms with Crippen LogP contribution in [0.15, 0.2) is 36.5 Å². The van der Waals surface area contributed by atoms with Crippen molar-refractivity contribution in [3.8, 4) is 0 Å². The lowest BCUT2D eigenvalue weighted by molar-refractivity contribution is -0.385. The molecule has 3 rings (SSSR count). The number of aromatic nitrogens is 1. The van der Waals surface area contributed by atoms with Gasteiger partial charge in [-0.3, -0.25) is 10.1 Å². The van der Waals surface area contributed by atoms with Gasteiger partial charge < -0.3 is 5.32 Å². The van der Waals surface area contributed by atoms with E-state index in [9.17, 15) is 10.1 Å². The van der Waals surface area contributed by atoms with E-state index in [4.69, 9.17) is 0 Å². The SMILES string of the molecule is Cc1cc([N+](=O)[O-])cnc1NC1Cc2ccccc2C1. The van der Waals surface area contributed by atoms with Crippen molar-refractivity contribution in [1.82, 2.24) is 4.98 Å². The standard InChI is InChI=1S/C15H15N3O2/c1-10-6-14(18(19)20)9-16-15(10)17-13-7-11-4-2-3-5-12(11)8-13/h2-6,9,13H,7-8H2,1H3,(H,16,17). The van der Waals surface area contributed by atoms with Crippen molar-refractivity contribution in [3.05, 3.63) is 63.3 Å². The molecule has 0 radical (unpaired) electrons. The van der Waals surface area contributed by atoms with Gasteiger partial charge in [-0.2, -0.15) is 0 Å². The Balaban J connectivity index is 1.75. The summed E-state index contributed by atoms with van der Waals surface area (Å²) in [6.07, 6.45) is 3.24. The molecule has 5 nitrogen and oxygen atoms in total. The molecule has 0 spiro atoms. The number of hydrogen-bond donors (Lipinski definition) is 1. The minimum absolute atomic E-state index is 0.0303. The first-order chi connectivity index (χ1) is 9.63. The molecule has 1 heterocycles. The number of nitro groups is 1. The third-order valence-corrected chi connectivity index (χ3v) is 3.67. The largest absolute Gasteiger partial charge is 0.366 e. The van der Waals surface area contributed by atoms with E-state index in [1.54, 1.807) is 6.07 Å². The van der Waals surface area contributed by atoms with Crippen molar-refractivity contribution >= 4 is 11.5 Å². The molecule has 0 amide bonds. The third kappa shape index (κ3) is 2.34. The van der Waals surface area contributed by atoms with Gasteiger partial charge in [-0.25, -0.2) is 4.98 Å². The molecule has 1 aliphatic rings. The highest BCUT2D eigenvalue weighted by molar-refractivity contribution is 5.50. The highest BCUT2D eigenvalue weighted by Crippen LogP contribution is 2.25. The maximum Gasteiger partial charge on any atom is 0.287 e. The van der Waals surface area contributed by atoms with Crippen molar-refractivity contribution in [3.63, 3.8) is 0 Å². The highest BCUT2D eigenvalue weighted by atomic mass is 16.6. The van der Waals surface area contributed by atoms with Crippen LogP contribution in [-0.2, 0) is 12.8 Å². The summed E-state index contributed by atoms with van der Waals surface area (Å²) in [6, 6.07) is 10.3. The first-order valence-corrected chi connectivity index (χ1v) is 6.58. The summed E-state index contributed by atoms with van der Waals surface area (Å²) in [7, 11) is 0. The van der Waals surface area contributed by atoms with Gasteiger partial charge in [0, 0.05) is 12.1 Å². The molecular formula is C15H15N3O2. The molecule has 0 atom stereocenters. The maximum absolute atomic E-state index is 10.7. The Morgan fingerprint density at radius 3 is 2.50 bits per heavy atom. The van der Waals surface area contributed by atoms with E-state index in [2.05, 4.69) is 34.6 Å². The van der Waals surface area contributed by atoms with Crippen molar-refractivity contribution in [2.75, 3.05) is 5.32 Å². The fourth-order valence-corrected chi connectivity index (χ4v) is 2.67. The Morgan fingerprint density at radius 2 is 1.95 bits per heavy atom. The smallest absolute Gasteiger partial charge is 0.287 e. The summed E-state index contributed by atoms with van der Waals surface area (Å²) in [5.41, 5.74) is 3.56. The Bertz CT molecular complexity index is 645. The zero-order valence-corrected chi connectivity index (χ0v) is 11.2. The first kappa shape index (κ1) is 12.6. The van der Waals surface area contributed by atoms with Crippen LogP contribution < -0.4 is 5.32 Å². The van der Waals surface area contributed by atoms with E-state index in [0.29, 0.717) is 6.04 Å². The molecule has 0 bridgehead atoms. The number of anilines is 1. The molecule has 0 fully saturated rings. The number of nitrogens with one attached hydrogen (secondary N) is 1. The molecule has 20 heavy (non-hydrogen) atoms. The monoisotopic (exact) mass is 269 g/mol. The van der Waals surface area contributed by atoms with E-state index in [1.807, 2.05) is 6.92 Å². The summed E-state index contributed by atoms with van der Waals surface area (Å²) in [5.74, 6) is 0.730. The summed E-state index contributed by atoms with van der Waals surface area (Å²) >= 11 is 0. The summed E-state index contributed by atoms with van der Waals surface area (Å²) in [5, 5.41) is 14.1. The van der Waals surface area contributed by atoms with Crippen LogP contribution >= 0.6 is 0 Å². The number of benzene rings is 1. The van der Waals surface area contributed by atoms with Crippen molar-refractivity contribution in [2.45, 2.75) is 25.8 Å². The molecule has 0 unspecified atom stereocenters. The van der Waals surface area contributed by atoms with Crippen LogP contribution in [0.4, 0.5) is 11.5 Å². The quantitative estimate of drug-likeness (QED) is 0.687. The summed E-state index contributed by atoms with van der Waals surface area (Å²) in [6.45, 7) is 1.84. The van der Waals surface area contributed by atoms with Gasteiger partial charge in [-0.05, 0) is 36.5 Å². The molecule has 102 valence electrons. The number of fused-ring (bicyclic) bond motifs is 1. The Hall–Kier alpha value is -2.43. The second kappa shape index (κ2) is 4.92. The molecule has 1 aromatic carbocycles. The molecule has 5 heteroatoms. The van der Waals surface area contributed by atoms with Crippen LogP contribution in [-0.4, -0.2) is 15.9 Å². The molecule has 0 saturated heterocycles. The van der Waals surface area contributed by atoms with Crippen LogP contribution in [0, 0.1) is 17.0 Å². The fraction of sp³-hybridized carbons (Fsp3) is 0.267. The van der Waals surface area contributed by atoms with Crippen LogP contribution in [0.1, 0.15) is 16.7 Å². The molecule has 0 saturated carbocycles. The lowest BCUT2D eigenvalue weighted by Gasteiger charge is -2.14. The van der Waals surface area contributed by atoms with Gasteiger partial charge in [-0.1, -0.05) is 24.3 Å². The summed E-state index contributed by atoms with van der Waals surface area (Å²) < 4.78 is 0. The summed E-state index contributed by atoms with van der Waals surface area (Å²) in [4.78, 5) is 14.5. The van der Waals surface area contributed by atoms with Crippen molar-refractivity contribution < 1.29 is 4.92 Å². The van der Waals surface area contributed by atoms with Gasteiger partial charge in [0.25, 0.3) is 5.69 Å². The predicted molar refractivity (Wildman–Crippen MR) is 76.9 cm³/mol.